The molecule has 0 aromatic carbocycles. The number of rotatable bonds is 4. The van der Waals surface area contributed by atoms with Crippen molar-refractivity contribution in [2.75, 3.05) is 7.11 Å². The Balaban J connectivity index is 2.01. The van der Waals surface area contributed by atoms with Crippen LogP contribution in [0.3, 0.4) is 0 Å². The lowest BCUT2D eigenvalue weighted by Crippen LogP contribution is -2.13. The summed E-state index contributed by atoms with van der Waals surface area (Å²) in [5.74, 6) is -0.728. The van der Waals surface area contributed by atoms with Crippen LogP contribution in [0.5, 0.6) is 0 Å². The van der Waals surface area contributed by atoms with E-state index in [4.69, 9.17) is 0 Å². The van der Waals surface area contributed by atoms with Crippen LogP contribution in [0.25, 0.3) is 0 Å². The van der Waals surface area contributed by atoms with E-state index >= 15 is 0 Å². The Labute approximate surface area is 112 Å². The lowest BCUT2D eigenvalue weighted by Gasteiger charge is -2.21. The van der Waals surface area contributed by atoms with Gasteiger partial charge in [-0.15, -0.1) is 0 Å². The quantitative estimate of drug-likeness (QED) is 0.786. The molecule has 1 aliphatic carbocycles. The predicted molar refractivity (Wildman–Crippen MR) is 68.2 cm³/mol. The van der Waals surface area contributed by atoms with Gasteiger partial charge in [0.2, 0.25) is 0 Å². The van der Waals surface area contributed by atoms with E-state index in [1.54, 1.807) is 0 Å². The number of hydrogen-bond donors (Lipinski definition) is 0. The largest absolute Gasteiger partial charge is 0.464 e. The van der Waals surface area contributed by atoms with Gasteiger partial charge in [0.1, 0.15) is 6.33 Å². The van der Waals surface area contributed by atoms with E-state index in [-0.39, 0.29) is 5.69 Å². The summed E-state index contributed by atoms with van der Waals surface area (Å²) in [5, 5.41) is 0. The smallest absolute Gasteiger partial charge is 0.359 e. The molecule has 1 aromatic heterocycles. The SMILES string of the molecule is COC(=O)c1ncnc(CCC2CCCCC2)c1F. The fourth-order valence-electron chi connectivity index (χ4n) is 2.64. The van der Waals surface area contributed by atoms with E-state index in [0.29, 0.717) is 18.0 Å². The van der Waals surface area contributed by atoms with Gasteiger partial charge in [-0.1, -0.05) is 32.1 Å². The lowest BCUT2D eigenvalue weighted by atomic mass is 9.86. The second-order valence-electron chi connectivity index (χ2n) is 5.02. The maximum atomic E-state index is 14.0. The summed E-state index contributed by atoms with van der Waals surface area (Å²) >= 11 is 0. The second kappa shape index (κ2) is 6.59. The number of aromatic nitrogens is 2. The van der Waals surface area contributed by atoms with Crippen LogP contribution in [0, 0.1) is 11.7 Å². The minimum Gasteiger partial charge on any atom is -0.464 e. The van der Waals surface area contributed by atoms with Gasteiger partial charge >= 0.3 is 5.97 Å². The molecule has 2 rings (SSSR count). The molecule has 0 N–H and O–H groups in total. The Bertz CT molecular complexity index is 445. The van der Waals surface area contributed by atoms with Crippen LogP contribution in [-0.2, 0) is 11.2 Å². The average Bonchev–Trinajstić information content (AvgIpc) is 2.46. The topological polar surface area (TPSA) is 52.1 Å². The lowest BCUT2D eigenvalue weighted by molar-refractivity contribution is 0.0587. The molecular weight excluding hydrogens is 247 g/mol. The molecule has 1 saturated carbocycles. The van der Waals surface area contributed by atoms with E-state index in [9.17, 15) is 9.18 Å². The summed E-state index contributed by atoms with van der Waals surface area (Å²) in [7, 11) is 1.21. The van der Waals surface area contributed by atoms with Gasteiger partial charge < -0.3 is 4.74 Å². The highest BCUT2D eigenvalue weighted by Gasteiger charge is 2.20. The van der Waals surface area contributed by atoms with Crippen LogP contribution in [0.1, 0.15) is 54.7 Å². The highest BCUT2D eigenvalue weighted by molar-refractivity contribution is 5.87. The Morgan fingerprint density at radius 1 is 1.37 bits per heavy atom. The van der Waals surface area contributed by atoms with Crippen molar-refractivity contribution in [1.82, 2.24) is 9.97 Å². The van der Waals surface area contributed by atoms with Crippen LogP contribution in [-0.4, -0.2) is 23.0 Å². The van der Waals surface area contributed by atoms with Gasteiger partial charge in [0.05, 0.1) is 12.8 Å². The van der Waals surface area contributed by atoms with Gasteiger partial charge in [0.15, 0.2) is 11.5 Å². The standard InChI is InChI=1S/C14H19FN2O2/c1-19-14(18)13-12(15)11(16-9-17-13)8-7-10-5-3-2-4-6-10/h9-10H,2-8H2,1H3. The van der Waals surface area contributed by atoms with Crippen molar-refractivity contribution >= 4 is 5.97 Å². The molecule has 0 amide bonds. The Morgan fingerprint density at radius 2 is 2.11 bits per heavy atom. The monoisotopic (exact) mass is 266 g/mol. The molecule has 1 aromatic rings. The van der Waals surface area contributed by atoms with Gasteiger partial charge in [-0.3, -0.25) is 0 Å². The highest BCUT2D eigenvalue weighted by atomic mass is 19.1. The van der Waals surface area contributed by atoms with Crippen molar-refractivity contribution < 1.29 is 13.9 Å². The van der Waals surface area contributed by atoms with E-state index in [1.807, 2.05) is 0 Å². The summed E-state index contributed by atoms with van der Waals surface area (Å²) in [6.07, 6.45) is 9.00. The van der Waals surface area contributed by atoms with E-state index in [2.05, 4.69) is 14.7 Å². The first-order valence-corrected chi connectivity index (χ1v) is 6.80. The first-order chi connectivity index (χ1) is 9.22. The third-order valence-electron chi connectivity index (χ3n) is 3.75. The Hall–Kier alpha value is -1.52. The highest BCUT2D eigenvalue weighted by Crippen LogP contribution is 2.27. The molecule has 1 fully saturated rings. The van der Waals surface area contributed by atoms with E-state index in [0.717, 1.165) is 6.42 Å². The number of carbonyl (C=O) groups excluding carboxylic acids is 1. The van der Waals surface area contributed by atoms with Crippen molar-refractivity contribution in [2.24, 2.45) is 5.92 Å². The van der Waals surface area contributed by atoms with Gasteiger partial charge in [-0.25, -0.2) is 19.2 Å². The molecule has 0 atom stereocenters. The van der Waals surface area contributed by atoms with Crippen molar-refractivity contribution in [3.05, 3.63) is 23.5 Å². The first kappa shape index (κ1) is 13.9. The summed E-state index contributed by atoms with van der Waals surface area (Å²) < 4.78 is 18.5. The molecule has 0 bridgehead atoms. The van der Waals surface area contributed by atoms with Crippen LogP contribution in [0.15, 0.2) is 6.33 Å². The number of ether oxygens (including phenoxy) is 1. The van der Waals surface area contributed by atoms with Gasteiger partial charge in [-0.2, -0.15) is 0 Å². The van der Waals surface area contributed by atoms with Crippen LogP contribution in [0.4, 0.5) is 4.39 Å². The molecule has 1 aliphatic rings. The van der Waals surface area contributed by atoms with Crippen molar-refractivity contribution in [3.8, 4) is 0 Å². The summed E-state index contributed by atoms with van der Waals surface area (Å²) in [6, 6.07) is 0. The van der Waals surface area contributed by atoms with Gasteiger partial charge in [0.25, 0.3) is 0 Å². The Kier molecular flexibility index (Phi) is 4.82. The normalized spacial score (nSPS) is 16.3. The first-order valence-electron chi connectivity index (χ1n) is 6.80. The zero-order valence-electron chi connectivity index (χ0n) is 11.2. The number of carbonyl (C=O) groups is 1. The minimum atomic E-state index is -0.751. The zero-order valence-corrected chi connectivity index (χ0v) is 11.2. The minimum absolute atomic E-state index is 0.267. The summed E-state index contributed by atoms with van der Waals surface area (Å²) in [6.45, 7) is 0. The zero-order chi connectivity index (χ0) is 13.7. The number of halogens is 1. The number of esters is 1. The third-order valence-corrected chi connectivity index (χ3v) is 3.75. The molecule has 4 nitrogen and oxygen atoms in total. The summed E-state index contributed by atoms with van der Waals surface area (Å²) in [4.78, 5) is 18.9. The van der Waals surface area contributed by atoms with Crippen LogP contribution < -0.4 is 0 Å². The van der Waals surface area contributed by atoms with E-state index in [1.165, 1.54) is 45.5 Å². The van der Waals surface area contributed by atoms with Crippen LogP contribution in [0.2, 0.25) is 0 Å². The molecule has 19 heavy (non-hydrogen) atoms. The molecule has 0 spiro atoms. The molecular formula is C14H19FN2O2. The molecule has 104 valence electrons. The van der Waals surface area contributed by atoms with E-state index < -0.39 is 11.8 Å². The average molecular weight is 266 g/mol. The fraction of sp³-hybridized carbons (Fsp3) is 0.643. The second-order valence-corrected chi connectivity index (χ2v) is 5.02. The van der Waals surface area contributed by atoms with Gasteiger partial charge in [-0.05, 0) is 18.8 Å². The number of methoxy groups -OCH3 is 1. The summed E-state index contributed by atoms with van der Waals surface area (Å²) in [5.41, 5.74) is 0.0529. The number of hydrogen-bond acceptors (Lipinski definition) is 4. The van der Waals surface area contributed by atoms with Crippen molar-refractivity contribution in [3.63, 3.8) is 0 Å². The molecule has 1 heterocycles. The van der Waals surface area contributed by atoms with Crippen molar-refractivity contribution in [1.29, 1.82) is 0 Å². The molecule has 0 unspecified atom stereocenters. The third kappa shape index (κ3) is 3.49. The maximum Gasteiger partial charge on any atom is 0.359 e. The fourth-order valence-corrected chi connectivity index (χ4v) is 2.64. The molecule has 0 saturated heterocycles. The predicted octanol–water partition coefficient (Wildman–Crippen LogP) is 2.92. The Morgan fingerprint density at radius 3 is 2.79 bits per heavy atom. The molecule has 0 radical (unpaired) electrons. The van der Waals surface area contributed by atoms with Gasteiger partial charge in [0, 0.05) is 0 Å². The number of nitrogens with zero attached hydrogens (tertiary/aromatic N) is 2. The van der Waals surface area contributed by atoms with Crippen LogP contribution >= 0.6 is 0 Å². The van der Waals surface area contributed by atoms with Crippen molar-refractivity contribution in [2.45, 2.75) is 44.9 Å². The number of aryl methyl sites for hydroxylation is 1. The molecule has 5 heteroatoms. The maximum absolute atomic E-state index is 14.0. The molecule has 0 aliphatic heterocycles.